The van der Waals surface area contributed by atoms with Crippen molar-refractivity contribution in [1.82, 2.24) is 5.32 Å². The quantitative estimate of drug-likeness (QED) is 0.296. The monoisotopic (exact) mass is 450 g/mol. The van der Waals surface area contributed by atoms with E-state index in [1.54, 1.807) is 6.07 Å². The maximum atomic E-state index is 12.5. The molecule has 0 bridgehead atoms. The van der Waals surface area contributed by atoms with Gasteiger partial charge >= 0.3 is 0 Å². The second-order valence-electron chi connectivity index (χ2n) is 7.20. The van der Waals surface area contributed by atoms with Gasteiger partial charge in [0.15, 0.2) is 12.5 Å². The van der Waals surface area contributed by atoms with E-state index in [-0.39, 0.29) is 5.91 Å². The Morgan fingerprint density at radius 2 is 1.71 bits per heavy atom. The maximum Gasteiger partial charge on any atom is 0.254 e. The van der Waals surface area contributed by atoms with Gasteiger partial charge in [-0.05, 0) is 36.8 Å². The number of anilines is 1. The third kappa shape index (κ3) is 8.23. The highest BCUT2D eigenvalue weighted by atomic mass is 32.1. The molecule has 0 radical (unpaired) electrons. The number of aliphatic hydroxyl groups is 1. The van der Waals surface area contributed by atoms with Crippen molar-refractivity contribution in [2.45, 2.75) is 46.1 Å². The fourth-order valence-corrected chi connectivity index (χ4v) is 3.71. The van der Waals surface area contributed by atoms with Crippen LogP contribution in [-0.2, 0) is 14.2 Å². The van der Waals surface area contributed by atoms with Crippen LogP contribution >= 0.6 is 11.3 Å². The number of ether oxygens (including phenoxy) is 3. The highest BCUT2D eigenvalue weighted by Crippen LogP contribution is 2.27. The van der Waals surface area contributed by atoms with Crippen LogP contribution in [0.1, 0.15) is 61.3 Å². The maximum absolute atomic E-state index is 12.5. The predicted molar refractivity (Wildman–Crippen MR) is 124 cm³/mol. The minimum Gasteiger partial charge on any atom is -0.374 e. The first-order chi connectivity index (χ1) is 15.0. The van der Waals surface area contributed by atoms with Gasteiger partial charge in [-0.15, -0.1) is 11.3 Å². The van der Waals surface area contributed by atoms with E-state index in [0.29, 0.717) is 49.5 Å². The van der Waals surface area contributed by atoms with Gasteiger partial charge in [0.2, 0.25) is 0 Å². The molecule has 0 spiro atoms. The molecule has 1 aromatic heterocycles. The fraction of sp³-hybridized carbons (Fsp3) is 0.522. The first-order valence-corrected chi connectivity index (χ1v) is 11.5. The normalized spacial score (nSPS) is 12.4. The molecular weight excluding hydrogens is 416 g/mol. The SMILES string of the molecule is CCOC(COCCNC(=O)c1ccsc1NC(O)c1ccc(C(C)C)cc1)OCC. The zero-order valence-corrected chi connectivity index (χ0v) is 19.5. The summed E-state index contributed by atoms with van der Waals surface area (Å²) in [5.41, 5.74) is 2.45. The van der Waals surface area contributed by atoms with Crippen LogP contribution in [0.5, 0.6) is 0 Å². The Balaban J connectivity index is 1.81. The van der Waals surface area contributed by atoms with Gasteiger partial charge in [-0.2, -0.15) is 0 Å². The molecule has 7 nitrogen and oxygen atoms in total. The van der Waals surface area contributed by atoms with E-state index >= 15 is 0 Å². The lowest BCUT2D eigenvalue weighted by atomic mass is 10.0. The summed E-state index contributed by atoms with van der Waals surface area (Å²) in [6.45, 7) is 10.2. The Morgan fingerprint density at radius 1 is 1.06 bits per heavy atom. The van der Waals surface area contributed by atoms with E-state index in [0.717, 1.165) is 5.56 Å². The summed E-state index contributed by atoms with van der Waals surface area (Å²) in [7, 11) is 0. The van der Waals surface area contributed by atoms with Crippen molar-refractivity contribution >= 4 is 22.2 Å². The first-order valence-electron chi connectivity index (χ1n) is 10.7. The second-order valence-corrected chi connectivity index (χ2v) is 8.12. The number of benzene rings is 1. The molecule has 2 rings (SSSR count). The van der Waals surface area contributed by atoms with Gasteiger partial charge in [0.25, 0.3) is 5.91 Å². The number of rotatable bonds is 14. The predicted octanol–water partition coefficient (Wildman–Crippen LogP) is 4.12. The van der Waals surface area contributed by atoms with E-state index in [4.69, 9.17) is 14.2 Å². The number of nitrogens with one attached hydrogen (secondary N) is 2. The van der Waals surface area contributed by atoms with E-state index in [1.807, 2.05) is 43.5 Å². The van der Waals surface area contributed by atoms with Crippen molar-refractivity contribution in [3.05, 3.63) is 52.4 Å². The van der Waals surface area contributed by atoms with Crippen molar-refractivity contribution in [1.29, 1.82) is 0 Å². The van der Waals surface area contributed by atoms with Crippen molar-refractivity contribution in [3.8, 4) is 0 Å². The van der Waals surface area contributed by atoms with E-state index in [1.165, 1.54) is 16.9 Å². The zero-order chi connectivity index (χ0) is 22.6. The molecule has 0 fully saturated rings. The van der Waals surface area contributed by atoms with E-state index < -0.39 is 12.5 Å². The summed E-state index contributed by atoms with van der Waals surface area (Å²) < 4.78 is 16.4. The molecule has 3 N–H and O–H groups in total. The lowest BCUT2D eigenvalue weighted by Gasteiger charge is -2.17. The molecule has 0 saturated carbocycles. The zero-order valence-electron chi connectivity index (χ0n) is 18.7. The molecule has 0 aliphatic heterocycles. The number of thiophene rings is 1. The standard InChI is InChI=1S/C23H34N2O5S/c1-5-29-20(30-6-2)15-28-13-12-24-22(27)19-11-14-31-23(19)25-21(26)18-9-7-17(8-10-18)16(3)4/h7-11,14,16,20-21,25-26H,5-6,12-13,15H2,1-4H3,(H,24,27). The van der Waals surface area contributed by atoms with Crippen molar-refractivity contribution < 1.29 is 24.1 Å². The minimum absolute atomic E-state index is 0.221. The highest BCUT2D eigenvalue weighted by molar-refractivity contribution is 7.14. The molecule has 31 heavy (non-hydrogen) atoms. The molecule has 8 heteroatoms. The molecule has 2 aromatic rings. The summed E-state index contributed by atoms with van der Waals surface area (Å²) in [5, 5.41) is 18.8. The molecule has 172 valence electrons. The van der Waals surface area contributed by atoms with Crippen LogP contribution in [0.2, 0.25) is 0 Å². The van der Waals surface area contributed by atoms with Crippen LogP contribution in [0.15, 0.2) is 35.7 Å². The summed E-state index contributed by atoms with van der Waals surface area (Å²) >= 11 is 1.37. The second kappa shape index (κ2) is 13.4. The van der Waals surface area contributed by atoms with Gasteiger partial charge in [0.05, 0.1) is 18.8 Å². The molecule has 1 heterocycles. The molecule has 0 saturated heterocycles. The number of aliphatic hydroxyl groups excluding tert-OH is 1. The van der Waals surface area contributed by atoms with E-state index in [9.17, 15) is 9.90 Å². The average Bonchev–Trinajstić information content (AvgIpc) is 3.21. The molecule has 1 amide bonds. The van der Waals surface area contributed by atoms with Crippen LogP contribution in [0.25, 0.3) is 0 Å². The van der Waals surface area contributed by atoms with Gasteiger partial charge in [0.1, 0.15) is 5.00 Å². The van der Waals surface area contributed by atoms with Crippen LogP contribution in [0.3, 0.4) is 0 Å². The van der Waals surface area contributed by atoms with Gasteiger partial charge in [-0.3, -0.25) is 4.79 Å². The lowest BCUT2D eigenvalue weighted by molar-refractivity contribution is -0.166. The van der Waals surface area contributed by atoms with Crippen LogP contribution in [0, 0.1) is 0 Å². The number of carbonyl (C=O) groups is 1. The number of hydrogen-bond acceptors (Lipinski definition) is 7. The smallest absolute Gasteiger partial charge is 0.254 e. The van der Waals surface area contributed by atoms with Gasteiger partial charge < -0.3 is 30.0 Å². The molecule has 0 aliphatic carbocycles. The number of carbonyl (C=O) groups excluding carboxylic acids is 1. The fourth-order valence-electron chi connectivity index (χ4n) is 2.90. The van der Waals surface area contributed by atoms with Crippen LogP contribution < -0.4 is 10.6 Å². The van der Waals surface area contributed by atoms with Crippen LogP contribution in [-0.4, -0.2) is 50.3 Å². The van der Waals surface area contributed by atoms with Crippen molar-refractivity contribution in [3.63, 3.8) is 0 Å². The lowest BCUT2D eigenvalue weighted by Crippen LogP contribution is -2.30. The third-order valence-corrected chi connectivity index (χ3v) is 5.43. The highest BCUT2D eigenvalue weighted by Gasteiger charge is 2.16. The van der Waals surface area contributed by atoms with E-state index in [2.05, 4.69) is 24.5 Å². The molecule has 0 aliphatic rings. The van der Waals surface area contributed by atoms with Gasteiger partial charge in [0, 0.05) is 25.3 Å². The first kappa shape index (κ1) is 25.3. The molecule has 1 aromatic carbocycles. The van der Waals surface area contributed by atoms with Crippen molar-refractivity contribution in [2.75, 3.05) is 38.3 Å². The minimum atomic E-state index is -0.899. The third-order valence-electron chi connectivity index (χ3n) is 4.59. The largest absolute Gasteiger partial charge is 0.374 e. The van der Waals surface area contributed by atoms with Crippen molar-refractivity contribution in [2.24, 2.45) is 0 Å². The Hall–Kier alpha value is -1.97. The summed E-state index contributed by atoms with van der Waals surface area (Å²) in [4.78, 5) is 12.5. The molecule has 1 unspecified atom stereocenters. The Morgan fingerprint density at radius 3 is 2.32 bits per heavy atom. The van der Waals surface area contributed by atoms with Crippen LogP contribution in [0.4, 0.5) is 5.00 Å². The average molecular weight is 451 g/mol. The molecule has 1 atom stereocenters. The summed E-state index contributed by atoms with van der Waals surface area (Å²) in [5.74, 6) is 0.209. The summed E-state index contributed by atoms with van der Waals surface area (Å²) in [6.07, 6.45) is -1.29. The molecular formula is C23H34N2O5S. The van der Waals surface area contributed by atoms with Gasteiger partial charge in [-0.25, -0.2) is 0 Å². The topological polar surface area (TPSA) is 89.1 Å². The Labute approximate surface area is 188 Å². The van der Waals surface area contributed by atoms with Gasteiger partial charge in [-0.1, -0.05) is 38.1 Å². The Bertz CT molecular complexity index is 773. The summed E-state index contributed by atoms with van der Waals surface area (Å²) in [6, 6.07) is 9.55. The number of amides is 1. The Kier molecular flexibility index (Phi) is 11.0. The number of hydrogen-bond donors (Lipinski definition) is 3.